The Labute approximate surface area is 230 Å². The Morgan fingerprint density at radius 2 is 1.62 bits per heavy atom. The van der Waals surface area contributed by atoms with Crippen molar-refractivity contribution in [1.29, 1.82) is 0 Å². The fraction of sp³-hybridized carbons (Fsp3) is 0.156. The van der Waals surface area contributed by atoms with E-state index in [-0.39, 0.29) is 31.2 Å². The zero-order chi connectivity index (χ0) is 25.4. The van der Waals surface area contributed by atoms with Gasteiger partial charge in [0.15, 0.2) is 0 Å². The molecule has 1 N–H and O–H groups in total. The monoisotopic (exact) mass is 664 g/mol. The van der Waals surface area contributed by atoms with Crippen LogP contribution in [0.25, 0.3) is 33.3 Å². The molecule has 5 heteroatoms. The van der Waals surface area contributed by atoms with Crippen molar-refractivity contribution >= 4 is 16.9 Å². The van der Waals surface area contributed by atoms with E-state index in [1.54, 1.807) is 12.1 Å². The summed E-state index contributed by atoms with van der Waals surface area (Å²) in [5.41, 5.74) is 11.1. The van der Waals surface area contributed by atoms with Crippen LogP contribution in [-0.2, 0) is 25.5 Å². The molecule has 1 radical (unpaired) electrons. The molecule has 0 aliphatic heterocycles. The van der Waals surface area contributed by atoms with Gasteiger partial charge in [0.05, 0.1) is 5.52 Å². The number of fused-ring (bicyclic) bond motifs is 4. The molecule has 0 unspecified atom stereocenters. The molecule has 0 atom stereocenters. The summed E-state index contributed by atoms with van der Waals surface area (Å²) >= 11 is 0. The average molecular weight is 664 g/mol. The van der Waals surface area contributed by atoms with Crippen molar-refractivity contribution < 1.29 is 30.0 Å². The van der Waals surface area contributed by atoms with Crippen molar-refractivity contribution in [3.63, 3.8) is 0 Å². The number of benzene rings is 3. The van der Waals surface area contributed by atoms with E-state index in [9.17, 15) is 4.79 Å². The Hall–Kier alpha value is -3.66. The van der Waals surface area contributed by atoms with Crippen LogP contribution in [0.2, 0.25) is 0 Å². The first kappa shape index (κ1) is 26.4. The van der Waals surface area contributed by atoms with E-state index < -0.39 is 5.97 Å². The van der Waals surface area contributed by atoms with E-state index in [0.29, 0.717) is 0 Å². The second kappa shape index (κ2) is 10.4. The van der Waals surface area contributed by atoms with Gasteiger partial charge in [0.25, 0.3) is 0 Å². The van der Waals surface area contributed by atoms with Gasteiger partial charge in [0, 0.05) is 31.7 Å². The summed E-state index contributed by atoms with van der Waals surface area (Å²) in [6.07, 6.45) is 1.45. The van der Waals surface area contributed by atoms with Gasteiger partial charge in [-0.2, -0.15) is 0 Å². The summed E-state index contributed by atoms with van der Waals surface area (Å²) in [6, 6.07) is 30.2. The Kier molecular flexibility index (Phi) is 7.40. The fourth-order valence-electron chi connectivity index (χ4n) is 4.99. The molecule has 5 aromatic rings. The zero-order valence-electron chi connectivity index (χ0n) is 21.2. The predicted molar refractivity (Wildman–Crippen MR) is 144 cm³/mol. The second-order valence-corrected chi connectivity index (χ2v) is 9.73. The molecular weight excluding hydrogens is 637 g/mol. The van der Waals surface area contributed by atoms with Crippen molar-refractivity contribution in [1.82, 2.24) is 9.97 Å². The van der Waals surface area contributed by atoms with Crippen LogP contribution in [0.3, 0.4) is 0 Å². The summed E-state index contributed by atoms with van der Waals surface area (Å²) in [5.74, 6) is -0.990. The van der Waals surface area contributed by atoms with Gasteiger partial charge in [-0.3, -0.25) is 4.98 Å². The number of aromatic nitrogens is 2. The van der Waals surface area contributed by atoms with Crippen LogP contribution in [0.4, 0.5) is 0 Å². The van der Waals surface area contributed by atoms with Crippen molar-refractivity contribution in [3.05, 3.63) is 119 Å². The van der Waals surface area contributed by atoms with Crippen molar-refractivity contribution in [2.24, 2.45) is 0 Å². The van der Waals surface area contributed by atoms with E-state index in [2.05, 4.69) is 99.4 Å². The van der Waals surface area contributed by atoms with Gasteiger partial charge in [-0.05, 0) is 57.6 Å². The third kappa shape index (κ3) is 5.11. The van der Waals surface area contributed by atoms with Crippen LogP contribution in [-0.4, -0.2) is 21.0 Å². The van der Waals surface area contributed by atoms with Gasteiger partial charge in [-0.15, -0.1) is 34.9 Å². The summed E-state index contributed by atoms with van der Waals surface area (Å²) in [4.78, 5) is 18.7. The summed E-state index contributed by atoms with van der Waals surface area (Å²) in [6.45, 7) is 8.83. The number of aromatic carboxylic acids is 1. The molecule has 6 rings (SSSR count). The minimum atomic E-state index is -0.990. The van der Waals surface area contributed by atoms with Gasteiger partial charge in [0.1, 0.15) is 5.69 Å². The summed E-state index contributed by atoms with van der Waals surface area (Å²) in [7, 11) is 0. The first-order chi connectivity index (χ1) is 17.2. The number of hydrogen-bond acceptors (Lipinski definition) is 3. The molecular formula is C32H27IrN2O2-. The number of nitrogens with zero attached hydrogens (tertiary/aromatic N) is 2. The van der Waals surface area contributed by atoms with E-state index in [1.165, 1.54) is 45.5 Å². The van der Waals surface area contributed by atoms with Crippen LogP contribution >= 0.6 is 0 Å². The van der Waals surface area contributed by atoms with Crippen LogP contribution in [0.15, 0.2) is 85.1 Å². The number of hydrogen-bond donors (Lipinski definition) is 1. The molecule has 0 saturated carbocycles. The number of carboxylic acid groups (broad SMARTS) is 1. The molecule has 0 fully saturated rings. The van der Waals surface area contributed by atoms with Gasteiger partial charge in [-0.1, -0.05) is 70.2 Å². The number of pyridine rings is 2. The Morgan fingerprint density at radius 3 is 2.30 bits per heavy atom. The van der Waals surface area contributed by atoms with E-state index in [4.69, 9.17) is 10.1 Å². The van der Waals surface area contributed by atoms with Crippen LogP contribution < -0.4 is 0 Å². The molecule has 187 valence electrons. The maximum atomic E-state index is 10.1. The number of aryl methyl sites for hydroxylation is 2. The molecule has 2 aromatic heterocycles. The van der Waals surface area contributed by atoms with Gasteiger partial charge < -0.3 is 5.11 Å². The van der Waals surface area contributed by atoms with Gasteiger partial charge in [0.2, 0.25) is 0 Å². The largest absolute Gasteiger partial charge is 0.477 e. The summed E-state index contributed by atoms with van der Waals surface area (Å²) < 4.78 is 0. The van der Waals surface area contributed by atoms with Crippen LogP contribution in [0.1, 0.15) is 46.6 Å². The number of carbonyl (C=O) groups is 1. The third-order valence-corrected chi connectivity index (χ3v) is 6.70. The Morgan fingerprint density at radius 1 is 0.865 bits per heavy atom. The Bertz CT molecular complexity index is 1590. The molecule has 1 aliphatic rings. The maximum absolute atomic E-state index is 10.1. The topological polar surface area (TPSA) is 63.1 Å². The molecule has 1 aliphatic carbocycles. The standard InChI is InChI=1S/C26H22N.C6H5NO2.Ir/c1-16-11-17(2)13-19(12-16)24-10-9-18-14-21-20-7-5-6-8-22(20)26(3,4)23(21)15-25(18)27-24;8-6(9)5-3-1-2-4-7-5;/h5-12,14-15H,1-4H3;1-4H,(H,8,9);/q-1;;. The fourth-order valence-corrected chi connectivity index (χ4v) is 4.99. The maximum Gasteiger partial charge on any atom is 0.354 e. The zero-order valence-corrected chi connectivity index (χ0v) is 23.6. The molecule has 3 aromatic carbocycles. The summed E-state index contributed by atoms with van der Waals surface area (Å²) in [5, 5.41) is 9.51. The molecule has 0 saturated heterocycles. The Balaban J connectivity index is 0.000000274. The van der Waals surface area contributed by atoms with E-state index in [0.717, 1.165) is 22.3 Å². The van der Waals surface area contributed by atoms with Crippen molar-refractivity contribution in [2.75, 3.05) is 0 Å². The van der Waals surface area contributed by atoms with Crippen molar-refractivity contribution in [3.8, 4) is 22.4 Å². The SMILES string of the molecule is Cc1[c-]c(-c2ccc3cc4c(cc3n2)C(C)(C)c2ccccc2-4)cc(C)c1.O=C(O)c1ccccn1.[Ir]. The first-order valence-corrected chi connectivity index (χ1v) is 11.9. The molecule has 4 nitrogen and oxygen atoms in total. The average Bonchev–Trinajstić information content (AvgIpc) is 3.09. The molecule has 0 bridgehead atoms. The number of rotatable bonds is 2. The molecule has 37 heavy (non-hydrogen) atoms. The quantitative estimate of drug-likeness (QED) is 0.200. The molecule has 0 spiro atoms. The molecule has 0 amide bonds. The van der Waals surface area contributed by atoms with Crippen LogP contribution in [0, 0.1) is 19.9 Å². The molecule has 2 heterocycles. The van der Waals surface area contributed by atoms with E-state index in [1.807, 2.05) is 0 Å². The van der Waals surface area contributed by atoms with Crippen molar-refractivity contribution in [2.45, 2.75) is 33.1 Å². The normalized spacial score (nSPS) is 12.5. The third-order valence-electron chi connectivity index (χ3n) is 6.70. The van der Waals surface area contributed by atoms with Gasteiger partial charge >= 0.3 is 5.97 Å². The predicted octanol–water partition coefficient (Wildman–Crippen LogP) is 7.40. The van der Waals surface area contributed by atoms with Gasteiger partial charge in [-0.25, -0.2) is 9.78 Å². The first-order valence-electron chi connectivity index (χ1n) is 11.9. The smallest absolute Gasteiger partial charge is 0.354 e. The van der Waals surface area contributed by atoms with Crippen LogP contribution in [0.5, 0.6) is 0 Å². The minimum Gasteiger partial charge on any atom is -0.477 e. The number of carboxylic acids is 1. The minimum absolute atomic E-state index is 0. The second-order valence-electron chi connectivity index (χ2n) is 9.73. The van der Waals surface area contributed by atoms with E-state index >= 15 is 0 Å².